The van der Waals surface area contributed by atoms with Crippen molar-refractivity contribution < 1.29 is 0 Å². The minimum Gasteiger partial charge on any atom is -0.349 e. The van der Waals surface area contributed by atoms with Gasteiger partial charge in [-0.15, -0.1) is 0 Å². The first-order chi connectivity index (χ1) is 6.81. The molecule has 0 fully saturated rings. The van der Waals surface area contributed by atoms with Gasteiger partial charge in [0, 0.05) is 19.8 Å². The van der Waals surface area contributed by atoms with Crippen molar-refractivity contribution in [2.45, 2.75) is 6.54 Å². The zero-order valence-corrected chi connectivity index (χ0v) is 8.14. The first-order valence-corrected chi connectivity index (χ1v) is 4.58. The molecular formula is C10H13N4. The summed E-state index contributed by atoms with van der Waals surface area (Å²) in [5.74, 6) is 0. The Labute approximate surface area is 82.9 Å². The highest BCUT2D eigenvalue weighted by molar-refractivity contribution is 5.54. The van der Waals surface area contributed by atoms with E-state index in [0.717, 1.165) is 11.4 Å². The van der Waals surface area contributed by atoms with E-state index in [9.17, 15) is 0 Å². The van der Waals surface area contributed by atoms with E-state index in [0.29, 0.717) is 13.1 Å². The molecule has 4 nitrogen and oxygen atoms in total. The molecule has 0 atom stereocenters. The Kier molecular flexibility index (Phi) is 2.37. The lowest BCUT2D eigenvalue weighted by Gasteiger charge is -1.99. The lowest BCUT2D eigenvalue weighted by atomic mass is 10.3. The van der Waals surface area contributed by atoms with Crippen molar-refractivity contribution in [3.05, 3.63) is 30.6 Å². The Bertz CT molecular complexity index is 413. The third-order valence-electron chi connectivity index (χ3n) is 2.13. The standard InChI is InChI=1S/C10H13N4/c1-13-6-2-3-10(13)9-4-7-14(12-9)8-5-11/h2-4,6H,5,8,11H2,1H3. The van der Waals surface area contributed by atoms with Gasteiger partial charge in [0.15, 0.2) is 0 Å². The lowest BCUT2D eigenvalue weighted by Crippen LogP contribution is -2.10. The molecule has 0 unspecified atom stereocenters. The molecule has 1 radical (unpaired) electrons. The number of aryl methyl sites for hydroxylation is 1. The topological polar surface area (TPSA) is 48.8 Å². The maximum atomic E-state index is 5.43. The summed E-state index contributed by atoms with van der Waals surface area (Å²) in [6.45, 7) is 1.30. The van der Waals surface area contributed by atoms with Crippen molar-refractivity contribution in [3.63, 3.8) is 0 Å². The van der Waals surface area contributed by atoms with Crippen molar-refractivity contribution in [3.8, 4) is 11.4 Å². The summed E-state index contributed by atoms with van der Waals surface area (Å²) in [5.41, 5.74) is 7.46. The summed E-state index contributed by atoms with van der Waals surface area (Å²) in [4.78, 5) is 0. The van der Waals surface area contributed by atoms with Crippen molar-refractivity contribution in [2.75, 3.05) is 6.54 Å². The maximum Gasteiger partial charge on any atom is 0.109 e. The van der Waals surface area contributed by atoms with Crippen LogP contribution in [0, 0.1) is 6.20 Å². The molecule has 0 saturated carbocycles. The van der Waals surface area contributed by atoms with E-state index in [1.54, 1.807) is 4.68 Å². The molecular weight excluding hydrogens is 176 g/mol. The Hall–Kier alpha value is -1.55. The third-order valence-corrected chi connectivity index (χ3v) is 2.13. The number of aromatic nitrogens is 3. The van der Waals surface area contributed by atoms with Gasteiger partial charge in [-0.3, -0.25) is 4.68 Å². The predicted molar refractivity (Wildman–Crippen MR) is 54.5 cm³/mol. The normalized spacial score (nSPS) is 10.7. The maximum absolute atomic E-state index is 5.43. The predicted octanol–water partition coefficient (Wildman–Crippen LogP) is 0.647. The average molecular weight is 189 g/mol. The minimum atomic E-state index is 0.588. The molecule has 73 valence electrons. The molecule has 4 heteroatoms. The highest BCUT2D eigenvalue weighted by atomic mass is 15.3. The Morgan fingerprint density at radius 2 is 2.43 bits per heavy atom. The first kappa shape index (κ1) is 9.02. The van der Waals surface area contributed by atoms with Crippen molar-refractivity contribution in [1.82, 2.24) is 14.3 Å². The lowest BCUT2D eigenvalue weighted by molar-refractivity contribution is 0.622. The molecule has 0 saturated heterocycles. The average Bonchev–Trinajstić information content (AvgIpc) is 2.74. The van der Waals surface area contributed by atoms with Gasteiger partial charge in [-0.2, -0.15) is 5.10 Å². The molecule has 2 aromatic heterocycles. The second-order valence-electron chi connectivity index (χ2n) is 3.17. The number of rotatable bonds is 3. The number of nitrogens with two attached hydrogens (primary N) is 1. The second kappa shape index (κ2) is 3.67. The highest BCUT2D eigenvalue weighted by Gasteiger charge is 2.04. The molecule has 2 rings (SSSR count). The first-order valence-electron chi connectivity index (χ1n) is 4.58. The molecule has 2 N–H and O–H groups in total. The van der Waals surface area contributed by atoms with E-state index in [-0.39, 0.29) is 0 Å². The molecule has 0 spiro atoms. The van der Waals surface area contributed by atoms with Crippen LogP contribution in [0.1, 0.15) is 0 Å². The van der Waals surface area contributed by atoms with Crippen LogP contribution in [0.25, 0.3) is 11.4 Å². The SMILES string of the molecule is Cn1cccc1-c1c[c]n(CCN)n1. The number of hydrogen-bond acceptors (Lipinski definition) is 2. The van der Waals surface area contributed by atoms with E-state index in [4.69, 9.17) is 5.73 Å². The molecule has 2 heterocycles. The van der Waals surface area contributed by atoms with Crippen LogP contribution in [0.15, 0.2) is 24.4 Å². The largest absolute Gasteiger partial charge is 0.349 e. The smallest absolute Gasteiger partial charge is 0.109 e. The van der Waals surface area contributed by atoms with Gasteiger partial charge in [-0.25, -0.2) is 0 Å². The fourth-order valence-electron chi connectivity index (χ4n) is 1.41. The van der Waals surface area contributed by atoms with Gasteiger partial charge >= 0.3 is 0 Å². The molecule has 0 amide bonds. The fourth-order valence-corrected chi connectivity index (χ4v) is 1.41. The molecule has 2 aromatic rings. The summed E-state index contributed by atoms with van der Waals surface area (Å²) in [5, 5.41) is 4.36. The van der Waals surface area contributed by atoms with Crippen LogP contribution >= 0.6 is 0 Å². The summed E-state index contributed by atoms with van der Waals surface area (Å²) < 4.78 is 3.77. The minimum absolute atomic E-state index is 0.588. The molecule has 0 aliphatic heterocycles. The molecule has 0 aliphatic carbocycles. The van der Waals surface area contributed by atoms with Crippen LogP contribution < -0.4 is 5.73 Å². The van der Waals surface area contributed by atoms with Gasteiger partial charge in [0.25, 0.3) is 0 Å². The number of nitrogens with zero attached hydrogens (tertiary/aromatic N) is 3. The van der Waals surface area contributed by atoms with Gasteiger partial charge in [0.05, 0.1) is 18.4 Å². The van der Waals surface area contributed by atoms with Crippen LogP contribution in [-0.2, 0) is 13.6 Å². The molecule has 14 heavy (non-hydrogen) atoms. The van der Waals surface area contributed by atoms with Crippen LogP contribution in [0.4, 0.5) is 0 Å². The third kappa shape index (κ3) is 1.56. The number of hydrogen-bond donors (Lipinski definition) is 1. The van der Waals surface area contributed by atoms with E-state index in [2.05, 4.69) is 11.3 Å². The summed E-state index contributed by atoms with van der Waals surface area (Å²) in [6, 6.07) is 5.91. The molecule has 0 bridgehead atoms. The Morgan fingerprint density at radius 1 is 1.57 bits per heavy atom. The van der Waals surface area contributed by atoms with E-state index >= 15 is 0 Å². The monoisotopic (exact) mass is 189 g/mol. The van der Waals surface area contributed by atoms with Gasteiger partial charge in [0.1, 0.15) is 5.69 Å². The van der Waals surface area contributed by atoms with E-state index in [1.807, 2.05) is 36.0 Å². The van der Waals surface area contributed by atoms with Crippen LogP contribution in [0.5, 0.6) is 0 Å². The van der Waals surface area contributed by atoms with Crippen molar-refractivity contribution in [1.29, 1.82) is 0 Å². The summed E-state index contributed by atoms with van der Waals surface area (Å²) in [7, 11) is 2.00. The second-order valence-corrected chi connectivity index (χ2v) is 3.17. The molecule has 0 aliphatic rings. The van der Waals surface area contributed by atoms with Crippen molar-refractivity contribution in [2.24, 2.45) is 12.8 Å². The van der Waals surface area contributed by atoms with Crippen molar-refractivity contribution >= 4 is 0 Å². The Balaban J connectivity index is 2.29. The van der Waals surface area contributed by atoms with Gasteiger partial charge in [0.2, 0.25) is 0 Å². The van der Waals surface area contributed by atoms with Crippen LogP contribution in [-0.4, -0.2) is 20.9 Å². The zero-order chi connectivity index (χ0) is 9.97. The zero-order valence-electron chi connectivity index (χ0n) is 8.14. The van der Waals surface area contributed by atoms with Gasteiger partial charge < -0.3 is 10.3 Å². The van der Waals surface area contributed by atoms with Gasteiger partial charge in [-0.05, 0) is 18.2 Å². The van der Waals surface area contributed by atoms with E-state index < -0.39 is 0 Å². The van der Waals surface area contributed by atoms with E-state index in [1.165, 1.54) is 0 Å². The highest BCUT2D eigenvalue weighted by Crippen LogP contribution is 2.15. The van der Waals surface area contributed by atoms with Crippen LogP contribution in [0.3, 0.4) is 0 Å². The quantitative estimate of drug-likeness (QED) is 0.770. The summed E-state index contributed by atoms with van der Waals surface area (Å²) >= 11 is 0. The Morgan fingerprint density at radius 3 is 3.07 bits per heavy atom. The fraction of sp³-hybridized carbons (Fsp3) is 0.300. The molecule has 0 aromatic carbocycles. The van der Waals surface area contributed by atoms with Gasteiger partial charge in [-0.1, -0.05) is 0 Å². The summed E-state index contributed by atoms with van der Waals surface area (Å²) in [6.07, 6.45) is 5.03. The van der Waals surface area contributed by atoms with Crippen LogP contribution in [0.2, 0.25) is 0 Å².